The fraction of sp³-hybridized carbons (Fsp3) is 0.400. The van der Waals surface area contributed by atoms with E-state index in [1.54, 1.807) is 6.08 Å². The van der Waals surface area contributed by atoms with Crippen molar-refractivity contribution in [3.8, 4) is 0 Å². The van der Waals surface area contributed by atoms with Gasteiger partial charge in [-0.15, -0.1) is 0 Å². The molecule has 2 rings (SSSR count). The fourth-order valence-electron chi connectivity index (χ4n) is 2.53. The quantitative estimate of drug-likeness (QED) is 0.828. The van der Waals surface area contributed by atoms with Crippen LogP contribution < -0.4 is 0 Å². The molecule has 0 radical (unpaired) electrons. The van der Waals surface area contributed by atoms with Crippen LogP contribution in [0.3, 0.4) is 0 Å². The first kappa shape index (κ1) is 12.8. The maximum atomic E-state index is 10.6. The lowest BCUT2D eigenvalue weighted by atomic mass is 10.00. The highest BCUT2D eigenvalue weighted by Gasteiger charge is 2.16. The molecule has 0 bridgehead atoms. The molecule has 0 amide bonds. The maximum Gasteiger partial charge on any atom is 0.328 e. The van der Waals surface area contributed by atoms with Crippen LogP contribution in [0, 0.1) is 0 Å². The molecular formula is C15H19NO2. The van der Waals surface area contributed by atoms with Crippen molar-refractivity contribution in [2.24, 2.45) is 0 Å². The van der Waals surface area contributed by atoms with Gasteiger partial charge in [0.25, 0.3) is 0 Å². The molecule has 1 aliphatic rings. The van der Waals surface area contributed by atoms with Gasteiger partial charge in [-0.3, -0.25) is 4.90 Å². The van der Waals surface area contributed by atoms with Gasteiger partial charge >= 0.3 is 5.97 Å². The number of likely N-dealkylation sites (N-methyl/N-ethyl adjacent to an activating group) is 1. The highest BCUT2D eigenvalue weighted by molar-refractivity contribution is 5.79. The summed E-state index contributed by atoms with van der Waals surface area (Å²) in [5, 5.41) is 8.74. The number of nitrogens with zero attached hydrogens (tertiary/aromatic N) is 1. The van der Waals surface area contributed by atoms with Crippen LogP contribution in [0.2, 0.25) is 0 Å². The lowest BCUT2D eigenvalue weighted by Gasteiger charge is -2.22. The van der Waals surface area contributed by atoms with Crippen LogP contribution in [0.4, 0.5) is 0 Å². The van der Waals surface area contributed by atoms with Crippen molar-refractivity contribution >= 4 is 5.97 Å². The maximum absolute atomic E-state index is 10.6. The van der Waals surface area contributed by atoms with E-state index >= 15 is 0 Å². The van der Waals surface area contributed by atoms with E-state index in [1.165, 1.54) is 30.0 Å². The summed E-state index contributed by atoms with van der Waals surface area (Å²) in [6.07, 6.45) is 6.51. The second-order valence-corrected chi connectivity index (χ2v) is 4.99. The monoisotopic (exact) mass is 245 g/mol. The van der Waals surface area contributed by atoms with Crippen LogP contribution in [-0.2, 0) is 17.6 Å². The number of carboxylic acid groups (broad SMARTS) is 1. The molecule has 1 aromatic rings. The Morgan fingerprint density at radius 1 is 1.33 bits per heavy atom. The van der Waals surface area contributed by atoms with Gasteiger partial charge in [0.15, 0.2) is 0 Å². The second-order valence-electron chi connectivity index (χ2n) is 4.99. The topological polar surface area (TPSA) is 40.5 Å². The minimum Gasteiger partial charge on any atom is -0.478 e. The molecule has 1 atom stereocenters. The average molecular weight is 245 g/mol. The number of fused-ring (bicyclic) bond motifs is 1. The number of aryl methyl sites for hydroxylation is 2. The van der Waals surface area contributed by atoms with Crippen molar-refractivity contribution in [3.63, 3.8) is 0 Å². The molecule has 0 heterocycles. The molecule has 1 aromatic carbocycles. The van der Waals surface area contributed by atoms with E-state index in [2.05, 4.69) is 18.2 Å². The Balaban J connectivity index is 2.28. The molecule has 3 nitrogen and oxygen atoms in total. The minimum absolute atomic E-state index is 0.0204. The molecule has 3 heteroatoms. The van der Waals surface area contributed by atoms with E-state index < -0.39 is 5.97 Å². The Labute approximate surface area is 108 Å². The van der Waals surface area contributed by atoms with Crippen LogP contribution in [-0.4, -0.2) is 30.1 Å². The zero-order valence-electron chi connectivity index (χ0n) is 10.9. The third kappa shape index (κ3) is 2.79. The summed E-state index contributed by atoms with van der Waals surface area (Å²) in [4.78, 5) is 12.7. The molecule has 0 saturated heterocycles. The van der Waals surface area contributed by atoms with Crippen LogP contribution >= 0.6 is 0 Å². The fourth-order valence-corrected chi connectivity index (χ4v) is 2.53. The van der Waals surface area contributed by atoms with E-state index in [0.717, 1.165) is 12.0 Å². The van der Waals surface area contributed by atoms with Gasteiger partial charge in [0.1, 0.15) is 0 Å². The summed E-state index contributed by atoms with van der Waals surface area (Å²) in [5.41, 5.74) is 4.03. The summed E-state index contributed by atoms with van der Waals surface area (Å²) in [6.45, 7) is 0. The lowest BCUT2D eigenvalue weighted by Crippen LogP contribution is -2.18. The number of aliphatic carboxylic acids is 1. The third-order valence-corrected chi connectivity index (χ3v) is 3.44. The molecular weight excluding hydrogens is 226 g/mol. The molecule has 18 heavy (non-hydrogen) atoms. The predicted molar refractivity (Wildman–Crippen MR) is 71.7 cm³/mol. The standard InChI is InChI=1S/C15H19NO2/c1-16(2)14(8-9-15(17)18)13-7-6-11-4-3-5-12(11)10-13/h6-10,14H,3-5H2,1-2H3,(H,17,18)/b9-8+. The van der Waals surface area contributed by atoms with Crippen LogP contribution in [0.1, 0.15) is 29.2 Å². The predicted octanol–water partition coefficient (Wildman–Crippen LogP) is 2.42. The largest absolute Gasteiger partial charge is 0.478 e. The summed E-state index contributed by atoms with van der Waals surface area (Å²) in [6, 6.07) is 6.54. The Kier molecular flexibility index (Phi) is 3.82. The molecule has 1 N–H and O–H groups in total. The zero-order chi connectivity index (χ0) is 13.1. The normalized spacial score (nSPS) is 16.2. The van der Waals surface area contributed by atoms with Crippen LogP contribution in [0.25, 0.3) is 0 Å². The highest BCUT2D eigenvalue weighted by Crippen LogP contribution is 2.27. The summed E-state index contributed by atoms with van der Waals surface area (Å²) < 4.78 is 0. The van der Waals surface area contributed by atoms with Crippen LogP contribution in [0.5, 0.6) is 0 Å². The minimum atomic E-state index is -0.900. The van der Waals surface area contributed by atoms with Gasteiger partial charge in [0.2, 0.25) is 0 Å². The van der Waals surface area contributed by atoms with Crippen LogP contribution in [0.15, 0.2) is 30.4 Å². The van der Waals surface area contributed by atoms with Gasteiger partial charge < -0.3 is 5.11 Å². The molecule has 0 saturated carbocycles. The zero-order valence-corrected chi connectivity index (χ0v) is 10.9. The first-order chi connectivity index (χ1) is 8.58. The Morgan fingerprint density at radius 2 is 2.06 bits per heavy atom. The molecule has 0 fully saturated rings. The van der Waals surface area contributed by atoms with E-state index in [9.17, 15) is 4.79 Å². The van der Waals surface area contributed by atoms with Gasteiger partial charge in [0, 0.05) is 6.08 Å². The van der Waals surface area contributed by atoms with Crippen molar-refractivity contribution in [2.45, 2.75) is 25.3 Å². The number of hydrogen-bond acceptors (Lipinski definition) is 2. The Hall–Kier alpha value is -1.61. The van der Waals surface area contributed by atoms with Gasteiger partial charge in [-0.1, -0.05) is 24.3 Å². The van der Waals surface area contributed by atoms with Crippen molar-refractivity contribution in [1.29, 1.82) is 0 Å². The summed E-state index contributed by atoms with van der Waals surface area (Å²) >= 11 is 0. The van der Waals surface area contributed by atoms with Gasteiger partial charge in [-0.2, -0.15) is 0 Å². The first-order valence-electron chi connectivity index (χ1n) is 6.27. The van der Waals surface area contributed by atoms with Crippen molar-refractivity contribution in [1.82, 2.24) is 4.90 Å². The molecule has 96 valence electrons. The first-order valence-corrected chi connectivity index (χ1v) is 6.27. The second kappa shape index (κ2) is 5.36. The summed E-state index contributed by atoms with van der Waals surface area (Å²) in [5.74, 6) is -0.900. The van der Waals surface area contributed by atoms with Crippen molar-refractivity contribution < 1.29 is 9.90 Å². The Morgan fingerprint density at radius 3 is 2.72 bits per heavy atom. The molecule has 0 spiro atoms. The van der Waals surface area contributed by atoms with Crippen molar-refractivity contribution in [3.05, 3.63) is 47.0 Å². The average Bonchev–Trinajstić information content (AvgIpc) is 2.75. The number of carbonyl (C=O) groups is 1. The van der Waals surface area contributed by atoms with E-state index in [-0.39, 0.29) is 6.04 Å². The SMILES string of the molecule is CN(C)C(/C=C/C(=O)O)c1ccc2c(c1)CCC2. The van der Waals surface area contributed by atoms with E-state index in [1.807, 2.05) is 19.0 Å². The number of benzene rings is 1. The molecule has 0 aliphatic heterocycles. The summed E-state index contributed by atoms with van der Waals surface area (Å²) in [7, 11) is 3.92. The number of rotatable bonds is 4. The number of carboxylic acids is 1. The lowest BCUT2D eigenvalue weighted by molar-refractivity contribution is -0.131. The number of hydrogen-bond donors (Lipinski definition) is 1. The smallest absolute Gasteiger partial charge is 0.328 e. The van der Waals surface area contributed by atoms with E-state index in [0.29, 0.717) is 0 Å². The molecule has 0 aromatic heterocycles. The van der Waals surface area contributed by atoms with Crippen molar-refractivity contribution in [2.75, 3.05) is 14.1 Å². The highest BCUT2D eigenvalue weighted by atomic mass is 16.4. The Bertz CT molecular complexity index is 477. The van der Waals surface area contributed by atoms with Gasteiger partial charge in [-0.05, 0) is 50.0 Å². The van der Waals surface area contributed by atoms with Gasteiger partial charge in [-0.25, -0.2) is 4.79 Å². The van der Waals surface area contributed by atoms with E-state index in [4.69, 9.17) is 5.11 Å². The molecule has 1 unspecified atom stereocenters. The molecule has 1 aliphatic carbocycles. The third-order valence-electron chi connectivity index (χ3n) is 3.44. The van der Waals surface area contributed by atoms with Gasteiger partial charge in [0.05, 0.1) is 6.04 Å².